The molecule has 1 N–H and O–H groups in total. The van der Waals surface area contributed by atoms with E-state index >= 15 is 0 Å². The van der Waals surface area contributed by atoms with E-state index in [0.29, 0.717) is 5.75 Å². The molecule has 3 nitrogen and oxygen atoms in total. The van der Waals surface area contributed by atoms with Crippen molar-refractivity contribution in [3.8, 4) is 11.4 Å². The molecule has 0 amide bonds. The Morgan fingerprint density at radius 2 is 1.24 bits per heavy atom. The van der Waals surface area contributed by atoms with Gasteiger partial charge in [-0.15, -0.1) is 11.3 Å². The van der Waals surface area contributed by atoms with Crippen LogP contribution in [0.1, 0.15) is 0 Å². The zero-order valence-corrected chi connectivity index (χ0v) is 16.2. The van der Waals surface area contributed by atoms with Crippen LogP contribution in [0.5, 0.6) is 5.75 Å². The van der Waals surface area contributed by atoms with Crippen molar-refractivity contribution >= 4 is 61.0 Å². The van der Waals surface area contributed by atoms with Gasteiger partial charge in [0.25, 0.3) is 0 Å². The second kappa shape index (κ2) is 6.37. The van der Waals surface area contributed by atoms with Gasteiger partial charge in [-0.25, -0.2) is 0 Å². The Kier molecular flexibility index (Phi) is 3.66. The molecule has 6 rings (SSSR count). The van der Waals surface area contributed by atoms with Gasteiger partial charge in [-0.3, -0.25) is 0 Å². The van der Waals surface area contributed by atoms with Gasteiger partial charge >= 0.3 is 7.69 Å². The van der Waals surface area contributed by atoms with Crippen molar-refractivity contribution < 1.29 is 9.68 Å². The van der Waals surface area contributed by atoms with E-state index in [1.165, 1.54) is 31.9 Å². The third-order valence-corrected chi connectivity index (χ3v) is 6.73. The Labute approximate surface area is 171 Å². The van der Waals surface area contributed by atoms with Gasteiger partial charge in [-0.05, 0) is 24.3 Å². The van der Waals surface area contributed by atoms with Gasteiger partial charge in [-0.1, -0.05) is 60.7 Å². The van der Waals surface area contributed by atoms with Crippen LogP contribution in [0, 0.1) is 0 Å². The molecule has 137 valence electrons. The molecule has 0 unspecified atom stereocenters. The number of benzene rings is 4. The van der Waals surface area contributed by atoms with Crippen molar-refractivity contribution in [2.75, 3.05) is 0 Å². The van der Waals surface area contributed by atoms with E-state index in [1.54, 1.807) is 11.3 Å². The predicted molar refractivity (Wildman–Crippen MR) is 122 cm³/mol. The summed E-state index contributed by atoms with van der Waals surface area (Å²) in [7, 11) is 0.743. The fourth-order valence-electron chi connectivity index (χ4n) is 4.29. The normalized spacial score (nSPS) is 11.6. The molecule has 0 aliphatic heterocycles. The van der Waals surface area contributed by atoms with Crippen molar-refractivity contribution in [2.24, 2.45) is 0 Å². The average Bonchev–Trinajstić information content (AvgIpc) is 3.31. The summed E-state index contributed by atoms with van der Waals surface area (Å²) in [4.78, 5) is 0. The molecule has 0 aliphatic rings. The summed E-state index contributed by atoms with van der Waals surface area (Å²) >= 11 is 1.69. The topological polar surface area (TPSA) is 34.4 Å². The van der Waals surface area contributed by atoms with Gasteiger partial charge in [0.15, 0.2) is 0 Å². The zero-order valence-electron chi connectivity index (χ0n) is 15.4. The summed E-state index contributed by atoms with van der Waals surface area (Å²) in [6.07, 6.45) is 0. The molecule has 5 heteroatoms. The lowest BCUT2D eigenvalue weighted by atomic mass is 10.1. The van der Waals surface area contributed by atoms with Gasteiger partial charge in [0.05, 0.1) is 26.1 Å². The van der Waals surface area contributed by atoms with Crippen molar-refractivity contribution in [3.05, 3.63) is 84.9 Å². The van der Waals surface area contributed by atoms with Gasteiger partial charge < -0.3 is 14.2 Å². The van der Waals surface area contributed by atoms with E-state index in [1.807, 2.05) is 12.1 Å². The second-order valence-electron chi connectivity index (χ2n) is 6.98. The number of fused-ring (bicyclic) bond motifs is 6. The van der Waals surface area contributed by atoms with Crippen LogP contribution in [-0.2, 0) is 0 Å². The average molecular weight is 392 g/mol. The Morgan fingerprint density at radius 3 is 1.93 bits per heavy atom. The summed E-state index contributed by atoms with van der Waals surface area (Å²) in [5, 5.41) is 14.0. The zero-order chi connectivity index (χ0) is 19.4. The van der Waals surface area contributed by atoms with E-state index in [-0.39, 0.29) is 0 Å². The first-order chi connectivity index (χ1) is 14.4. The highest BCUT2D eigenvalue weighted by atomic mass is 32.1. The maximum Gasteiger partial charge on any atom is 0.569 e. The van der Waals surface area contributed by atoms with Crippen LogP contribution < -0.4 is 4.65 Å². The molecule has 2 heterocycles. The lowest BCUT2D eigenvalue weighted by Crippen LogP contribution is -1.99. The maximum absolute atomic E-state index is 9.15. The first-order valence-electron chi connectivity index (χ1n) is 9.42. The van der Waals surface area contributed by atoms with Crippen molar-refractivity contribution in [1.29, 1.82) is 0 Å². The summed E-state index contributed by atoms with van der Waals surface area (Å²) in [5.41, 5.74) is 3.54. The number of aromatic nitrogens is 1. The SMILES string of the molecule is O[B]Oc1cccc2c1sc1c(-n3c4ccccc4c4ccccc43)cccc12. The third-order valence-electron chi connectivity index (χ3n) is 5.47. The number of rotatable bonds is 3. The molecular weight excluding hydrogens is 377 g/mol. The summed E-state index contributed by atoms with van der Waals surface area (Å²) in [6.45, 7) is 0. The number of nitrogens with zero attached hydrogens (tertiary/aromatic N) is 1. The first kappa shape index (κ1) is 16.7. The van der Waals surface area contributed by atoms with Crippen LogP contribution in [0.25, 0.3) is 47.7 Å². The Balaban J connectivity index is 1.77. The number of hydrogen-bond donors (Lipinski definition) is 1. The number of hydrogen-bond acceptors (Lipinski definition) is 3. The quantitative estimate of drug-likeness (QED) is 0.372. The molecule has 6 aromatic rings. The van der Waals surface area contributed by atoms with E-state index in [2.05, 4.69) is 77.4 Å². The van der Waals surface area contributed by atoms with Crippen LogP contribution in [0.4, 0.5) is 0 Å². The Hall–Kier alpha value is -3.28. The smallest absolute Gasteiger partial charge is 0.536 e. The highest BCUT2D eigenvalue weighted by molar-refractivity contribution is 7.26. The maximum atomic E-state index is 9.15. The van der Waals surface area contributed by atoms with Crippen LogP contribution in [0.3, 0.4) is 0 Å². The fourth-order valence-corrected chi connectivity index (χ4v) is 5.55. The van der Waals surface area contributed by atoms with Crippen LogP contribution >= 0.6 is 11.3 Å². The molecule has 0 aliphatic carbocycles. The minimum absolute atomic E-state index is 0.666. The fraction of sp³-hybridized carbons (Fsp3) is 0. The van der Waals surface area contributed by atoms with Crippen molar-refractivity contribution in [3.63, 3.8) is 0 Å². The van der Waals surface area contributed by atoms with Gasteiger partial charge in [0, 0.05) is 21.5 Å². The molecule has 0 bridgehead atoms. The lowest BCUT2D eigenvalue weighted by molar-refractivity contribution is 0.457. The standard InChI is InChI=1S/C24H15BNO2S/c27-25-28-22-14-6-10-18-17-9-5-13-21(23(17)29-24(18)22)26-19-11-3-1-7-15(19)16-8-2-4-12-20(16)26/h1-14,27H. The van der Waals surface area contributed by atoms with Gasteiger partial charge in [0.2, 0.25) is 0 Å². The number of para-hydroxylation sites is 2. The molecule has 0 fully saturated rings. The Morgan fingerprint density at radius 1 is 0.655 bits per heavy atom. The second-order valence-corrected chi connectivity index (χ2v) is 8.00. The largest absolute Gasteiger partial charge is 0.569 e. The molecule has 2 aromatic heterocycles. The highest BCUT2D eigenvalue weighted by Crippen LogP contribution is 2.43. The van der Waals surface area contributed by atoms with Gasteiger partial charge in [0.1, 0.15) is 5.75 Å². The van der Waals surface area contributed by atoms with Crippen LogP contribution in [0.15, 0.2) is 84.9 Å². The minimum atomic E-state index is 0.666. The minimum Gasteiger partial charge on any atom is -0.536 e. The molecule has 0 atom stereocenters. The molecule has 0 saturated carbocycles. The van der Waals surface area contributed by atoms with E-state index in [9.17, 15) is 0 Å². The molecule has 29 heavy (non-hydrogen) atoms. The first-order valence-corrected chi connectivity index (χ1v) is 10.2. The van der Waals surface area contributed by atoms with E-state index < -0.39 is 0 Å². The van der Waals surface area contributed by atoms with Gasteiger partial charge in [-0.2, -0.15) is 0 Å². The van der Waals surface area contributed by atoms with Crippen LogP contribution in [-0.4, -0.2) is 17.3 Å². The van der Waals surface area contributed by atoms with E-state index in [4.69, 9.17) is 9.68 Å². The Bertz CT molecular complexity index is 1480. The monoisotopic (exact) mass is 392 g/mol. The highest BCUT2D eigenvalue weighted by Gasteiger charge is 2.17. The molecule has 0 saturated heterocycles. The van der Waals surface area contributed by atoms with E-state index in [0.717, 1.165) is 23.5 Å². The van der Waals surface area contributed by atoms with Crippen molar-refractivity contribution in [1.82, 2.24) is 4.57 Å². The molecule has 0 spiro atoms. The summed E-state index contributed by atoms with van der Waals surface area (Å²) in [6, 6.07) is 29.5. The molecular formula is C24H15BNO2S. The summed E-state index contributed by atoms with van der Waals surface area (Å²) in [5.74, 6) is 0.666. The number of thiophene rings is 1. The van der Waals surface area contributed by atoms with Crippen molar-refractivity contribution in [2.45, 2.75) is 0 Å². The molecule has 1 radical (unpaired) electrons. The third kappa shape index (κ3) is 2.35. The molecule has 4 aromatic carbocycles. The summed E-state index contributed by atoms with van der Waals surface area (Å²) < 4.78 is 9.93. The predicted octanol–water partition coefficient (Wildman–Crippen LogP) is 6.06. The van der Waals surface area contributed by atoms with Crippen LogP contribution in [0.2, 0.25) is 0 Å². The lowest BCUT2D eigenvalue weighted by Gasteiger charge is -2.09.